The van der Waals surface area contributed by atoms with Gasteiger partial charge in [0.2, 0.25) is 11.8 Å². The molecule has 8 heteroatoms. The van der Waals surface area contributed by atoms with Crippen molar-refractivity contribution >= 4 is 23.5 Å². The van der Waals surface area contributed by atoms with Crippen molar-refractivity contribution in [2.75, 3.05) is 18.4 Å². The number of fused-ring (bicyclic) bond motifs is 1. The van der Waals surface area contributed by atoms with Crippen molar-refractivity contribution in [2.24, 2.45) is 0 Å². The molecule has 2 atom stereocenters. The van der Waals surface area contributed by atoms with Crippen LogP contribution in [0.3, 0.4) is 0 Å². The Hall–Kier alpha value is -3.26. The Balaban J connectivity index is 1.54. The highest BCUT2D eigenvalue weighted by molar-refractivity contribution is 6.02. The predicted octanol–water partition coefficient (Wildman–Crippen LogP) is 1.91. The zero-order chi connectivity index (χ0) is 21.1. The molecule has 2 unspecified atom stereocenters. The van der Waals surface area contributed by atoms with Crippen molar-refractivity contribution in [3.63, 3.8) is 0 Å². The van der Waals surface area contributed by atoms with Gasteiger partial charge < -0.3 is 15.5 Å². The van der Waals surface area contributed by atoms with Gasteiger partial charge in [-0.1, -0.05) is 18.2 Å². The predicted molar refractivity (Wildman–Crippen MR) is 112 cm³/mol. The van der Waals surface area contributed by atoms with E-state index in [1.807, 2.05) is 37.3 Å². The molecule has 0 bridgehead atoms. The van der Waals surface area contributed by atoms with Gasteiger partial charge in [0.15, 0.2) is 0 Å². The second-order valence-electron chi connectivity index (χ2n) is 7.76. The molecule has 0 saturated carbocycles. The molecule has 2 saturated heterocycles. The standard InChI is InChI=1S/C22H25N5O3/c1-15-5-2-7-17(11-15)25-19(28)14-26-18-8-4-10-24-20(18)21(29)27(22(26)30)13-16-6-3-9-23-12-16/h2-3,5-7,9,11-12,18,20,24H,4,8,10,13-14H2,1H3,(H,25,28). The van der Waals surface area contributed by atoms with Crippen LogP contribution in [0.2, 0.25) is 0 Å². The summed E-state index contributed by atoms with van der Waals surface area (Å²) >= 11 is 0. The third-order valence-electron chi connectivity index (χ3n) is 5.51. The number of piperidine rings is 1. The SMILES string of the molecule is Cc1cccc(NC(=O)CN2C(=O)N(Cc3cccnc3)C(=O)C3NCCCC32)c1. The second-order valence-corrected chi connectivity index (χ2v) is 7.76. The highest BCUT2D eigenvalue weighted by atomic mass is 16.2. The Kier molecular flexibility index (Phi) is 5.76. The fourth-order valence-electron chi connectivity index (χ4n) is 4.10. The zero-order valence-electron chi connectivity index (χ0n) is 16.9. The molecule has 1 aromatic carbocycles. The number of imide groups is 1. The van der Waals surface area contributed by atoms with Gasteiger partial charge in [0.25, 0.3) is 0 Å². The van der Waals surface area contributed by atoms with Crippen LogP contribution in [0.1, 0.15) is 24.0 Å². The lowest BCUT2D eigenvalue weighted by Crippen LogP contribution is -2.70. The maximum atomic E-state index is 13.2. The molecule has 30 heavy (non-hydrogen) atoms. The van der Waals surface area contributed by atoms with Crippen molar-refractivity contribution in [1.82, 2.24) is 20.1 Å². The minimum atomic E-state index is -0.500. The van der Waals surface area contributed by atoms with Gasteiger partial charge in [-0.15, -0.1) is 0 Å². The second kappa shape index (κ2) is 8.62. The summed E-state index contributed by atoms with van der Waals surface area (Å²) < 4.78 is 0. The number of carbonyl (C=O) groups is 3. The van der Waals surface area contributed by atoms with E-state index in [0.717, 1.165) is 17.5 Å². The highest BCUT2D eigenvalue weighted by Crippen LogP contribution is 2.26. The Labute approximate surface area is 175 Å². The maximum absolute atomic E-state index is 13.2. The number of aryl methyl sites for hydroxylation is 1. The summed E-state index contributed by atoms with van der Waals surface area (Å²) in [4.78, 5) is 45.8. The van der Waals surface area contributed by atoms with E-state index in [2.05, 4.69) is 15.6 Å². The van der Waals surface area contributed by atoms with Crippen LogP contribution in [0.25, 0.3) is 0 Å². The summed E-state index contributed by atoms with van der Waals surface area (Å²) in [6.07, 6.45) is 4.81. The van der Waals surface area contributed by atoms with Crippen LogP contribution in [0.4, 0.5) is 10.5 Å². The average molecular weight is 407 g/mol. The Morgan fingerprint density at radius 2 is 2.13 bits per heavy atom. The maximum Gasteiger partial charge on any atom is 0.327 e. The smallest absolute Gasteiger partial charge is 0.325 e. The molecular weight excluding hydrogens is 382 g/mol. The number of amides is 4. The molecule has 3 heterocycles. The van der Waals surface area contributed by atoms with Gasteiger partial charge in [-0.3, -0.25) is 19.5 Å². The highest BCUT2D eigenvalue weighted by Gasteiger charge is 2.47. The van der Waals surface area contributed by atoms with E-state index >= 15 is 0 Å². The first-order valence-electron chi connectivity index (χ1n) is 10.1. The minimum Gasteiger partial charge on any atom is -0.325 e. The number of urea groups is 1. The lowest BCUT2D eigenvalue weighted by Gasteiger charge is -2.46. The number of nitrogens with one attached hydrogen (secondary N) is 2. The molecule has 2 aromatic rings. The first kappa shape index (κ1) is 20.0. The minimum absolute atomic E-state index is 0.105. The summed E-state index contributed by atoms with van der Waals surface area (Å²) in [6, 6.07) is 9.83. The van der Waals surface area contributed by atoms with Gasteiger partial charge in [-0.25, -0.2) is 4.79 Å². The topological polar surface area (TPSA) is 94.6 Å². The number of pyridine rings is 1. The number of anilines is 1. The lowest BCUT2D eigenvalue weighted by molar-refractivity contribution is -0.138. The average Bonchev–Trinajstić information content (AvgIpc) is 2.75. The van der Waals surface area contributed by atoms with Crippen LogP contribution in [-0.4, -0.2) is 57.8 Å². The van der Waals surface area contributed by atoms with E-state index < -0.39 is 12.1 Å². The number of hydrogen-bond acceptors (Lipinski definition) is 5. The van der Waals surface area contributed by atoms with Crippen LogP contribution in [0, 0.1) is 6.92 Å². The number of rotatable bonds is 5. The summed E-state index contributed by atoms with van der Waals surface area (Å²) in [5.41, 5.74) is 2.48. The van der Waals surface area contributed by atoms with Crippen molar-refractivity contribution in [3.05, 3.63) is 59.9 Å². The zero-order valence-corrected chi connectivity index (χ0v) is 16.9. The van der Waals surface area contributed by atoms with E-state index in [0.29, 0.717) is 18.7 Å². The molecule has 1 aromatic heterocycles. The van der Waals surface area contributed by atoms with E-state index in [1.165, 1.54) is 9.80 Å². The molecular formula is C22H25N5O3. The summed E-state index contributed by atoms with van der Waals surface area (Å²) in [7, 11) is 0. The van der Waals surface area contributed by atoms with Gasteiger partial charge >= 0.3 is 6.03 Å². The monoisotopic (exact) mass is 407 g/mol. The lowest BCUT2D eigenvalue weighted by atomic mass is 9.93. The molecule has 4 rings (SSSR count). The Morgan fingerprint density at radius 1 is 1.27 bits per heavy atom. The Morgan fingerprint density at radius 3 is 2.90 bits per heavy atom. The Bertz CT molecular complexity index is 949. The van der Waals surface area contributed by atoms with Gasteiger partial charge in [0.1, 0.15) is 12.6 Å². The molecule has 0 aliphatic carbocycles. The van der Waals surface area contributed by atoms with E-state index in [1.54, 1.807) is 18.5 Å². The van der Waals surface area contributed by atoms with Crippen LogP contribution in [-0.2, 0) is 16.1 Å². The van der Waals surface area contributed by atoms with Crippen molar-refractivity contribution in [1.29, 1.82) is 0 Å². The largest absolute Gasteiger partial charge is 0.327 e. The molecule has 2 aliphatic heterocycles. The van der Waals surface area contributed by atoms with Crippen LogP contribution in [0.5, 0.6) is 0 Å². The molecule has 8 nitrogen and oxygen atoms in total. The van der Waals surface area contributed by atoms with Crippen LogP contribution >= 0.6 is 0 Å². The summed E-state index contributed by atoms with van der Waals surface area (Å²) in [5.74, 6) is -0.530. The molecule has 2 N–H and O–H groups in total. The first-order valence-corrected chi connectivity index (χ1v) is 10.1. The molecule has 0 radical (unpaired) electrons. The number of nitrogens with zero attached hydrogens (tertiary/aromatic N) is 3. The van der Waals surface area contributed by atoms with Crippen LogP contribution in [0.15, 0.2) is 48.8 Å². The number of hydrogen-bond donors (Lipinski definition) is 2. The fraction of sp³-hybridized carbons (Fsp3) is 0.364. The molecule has 2 fully saturated rings. The number of aromatic nitrogens is 1. The summed E-state index contributed by atoms with van der Waals surface area (Å²) in [6.45, 7) is 2.69. The summed E-state index contributed by atoms with van der Waals surface area (Å²) in [5, 5.41) is 6.09. The molecule has 2 aliphatic rings. The van der Waals surface area contributed by atoms with Gasteiger partial charge in [0, 0.05) is 18.1 Å². The van der Waals surface area contributed by atoms with Crippen molar-refractivity contribution in [3.8, 4) is 0 Å². The normalized spacial score (nSPS) is 21.4. The third-order valence-corrected chi connectivity index (χ3v) is 5.51. The molecule has 156 valence electrons. The van der Waals surface area contributed by atoms with Gasteiger partial charge in [0.05, 0.1) is 12.6 Å². The third kappa shape index (κ3) is 4.18. The number of benzene rings is 1. The van der Waals surface area contributed by atoms with E-state index in [9.17, 15) is 14.4 Å². The van der Waals surface area contributed by atoms with Crippen LogP contribution < -0.4 is 10.6 Å². The van der Waals surface area contributed by atoms with Gasteiger partial charge in [-0.05, 0) is 55.6 Å². The van der Waals surface area contributed by atoms with Crippen molar-refractivity contribution < 1.29 is 14.4 Å². The van der Waals surface area contributed by atoms with E-state index in [4.69, 9.17) is 0 Å². The van der Waals surface area contributed by atoms with Gasteiger partial charge in [-0.2, -0.15) is 0 Å². The molecule has 4 amide bonds. The molecule has 0 spiro atoms. The number of carbonyl (C=O) groups excluding carboxylic acids is 3. The quantitative estimate of drug-likeness (QED) is 0.790. The fourth-order valence-corrected chi connectivity index (χ4v) is 4.10. The van der Waals surface area contributed by atoms with E-state index in [-0.39, 0.29) is 30.9 Å². The van der Waals surface area contributed by atoms with Crippen molar-refractivity contribution in [2.45, 2.75) is 38.4 Å². The first-order chi connectivity index (χ1) is 14.5.